The van der Waals surface area contributed by atoms with Crippen LogP contribution in [0.3, 0.4) is 0 Å². The first kappa shape index (κ1) is 21.7. The van der Waals surface area contributed by atoms with Gasteiger partial charge in [-0.3, -0.25) is 0 Å². The number of rotatable bonds is 2. The molecular weight excluding hydrogens is 458 g/mol. The average Bonchev–Trinajstić information content (AvgIpc) is 3.41. The Balaban J connectivity index is 1.26. The van der Waals surface area contributed by atoms with Crippen molar-refractivity contribution in [2.75, 3.05) is 4.90 Å². The summed E-state index contributed by atoms with van der Waals surface area (Å²) in [5, 5.41) is 2.55. The van der Waals surface area contributed by atoms with Crippen molar-refractivity contribution in [2.45, 2.75) is 31.6 Å². The van der Waals surface area contributed by atoms with Crippen LogP contribution in [0.1, 0.15) is 48.4 Å². The lowest BCUT2D eigenvalue weighted by Crippen LogP contribution is -2.16. The predicted octanol–water partition coefficient (Wildman–Crippen LogP) is 9.75. The Hall–Kier alpha value is -4.36. The molecule has 1 heterocycles. The molecule has 5 aromatic carbocycles. The third-order valence-corrected chi connectivity index (χ3v) is 8.95. The van der Waals surface area contributed by atoms with Crippen molar-refractivity contribution < 1.29 is 0 Å². The highest BCUT2D eigenvalue weighted by Crippen LogP contribution is 2.53. The molecule has 1 nitrogen and oxygen atoms in total. The molecule has 1 heteroatoms. The van der Waals surface area contributed by atoms with E-state index in [1.165, 1.54) is 66.8 Å². The molecule has 0 N–H and O–H groups in total. The van der Waals surface area contributed by atoms with Crippen LogP contribution < -0.4 is 4.90 Å². The summed E-state index contributed by atoms with van der Waals surface area (Å²) in [6.45, 7) is 4.70. The van der Waals surface area contributed by atoms with Crippen molar-refractivity contribution in [3.8, 4) is 11.1 Å². The lowest BCUT2D eigenvalue weighted by molar-refractivity contribution is 0.660. The quantitative estimate of drug-likeness (QED) is 0.239. The fourth-order valence-corrected chi connectivity index (χ4v) is 7.02. The molecule has 0 fully saturated rings. The molecule has 38 heavy (non-hydrogen) atoms. The van der Waals surface area contributed by atoms with Gasteiger partial charge in [-0.2, -0.15) is 0 Å². The molecule has 2 aliphatic carbocycles. The molecular formula is C37H29N. The first-order valence-electron chi connectivity index (χ1n) is 13.6. The van der Waals surface area contributed by atoms with Gasteiger partial charge in [0.05, 0.1) is 0 Å². The van der Waals surface area contributed by atoms with Crippen LogP contribution >= 0.6 is 0 Å². The standard InChI is InChI=1S/C37H29N/c1-37(2)33-13-7-5-11-29(33)32-22-26(17-20-34(32)37)27-16-19-31-30-12-6-8-14-35(30)38(36(31)23-27)28-18-15-24-9-3-4-10-25(24)21-28/h3-18,20-23,31H,19H2,1-2H3. The van der Waals surface area contributed by atoms with Crippen molar-refractivity contribution in [2.24, 2.45) is 0 Å². The molecule has 0 spiro atoms. The molecule has 0 saturated heterocycles. The summed E-state index contributed by atoms with van der Waals surface area (Å²) >= 11 is 0. The zero-order chi connectivity index (χ0) is 25.4. The van der Waals surface area contributed by atoms with Gasteiger partial charge in [0, 0.05) is 28.4 Å². The van der Waals surface area contributed by atoms with E-state index in [1.54, 1.807) is 0 Å². The van der Waals surface area contributed by atoms with Gasteiger partial charge in [-0.25, -0.2) is 0 Å². The van der Waals surface area contributed by atoms with Crippen molar-refractivity contribution in [3.05, 3.63) is 149 Å². The van der Waals surface area contributed by atoms with Gasteiger partial charge in [0.1, 0.15) is 0 Å². The normalized spacial score (nSPS) is 18.4. The molecule has 5 aromatic rings. The minimum absolute atomic E-state index is 0.0366. The first-order chi connectivity index (χ1) is 18.6. The van der Waals surface area contributed by atoms with Crippen LogP contribution in [-0.4, -0.2) is 0 Å². The Morgan fingerprint density at radius 1 is 0.684 bits per heavy atom. The minimum Gasteiger partial charge on any atom is -0.313 e. The van der Waals surface area contributed by atoms with Crippen molar-refractivity contribution in [1.29, 1.82) is 0 Å². The minimum atomic E-state index is 0.0366. The summed E-state index contributed by atoms with van der Waals surface area (Å²) in [6, 6.07) is 40.4. The van der Waals surface area contributed by atoms with Crippen LogP contribution in [-0.2, 0) is 5.41 Å². The second kappa shape index (κ2) is 7.82. The van der Waals surface area contributed by atoms with Crippen molar-refractivity contribution in [1.82, 2.24) is 0 Å². The highest BCUT2D eigenvalue weighted by atomic mass is 15.2. The summed E-state index contributed by atoms with van der Waals surface area (Å²) in [5.74, 6) is 0.385. The largest absolute Gasteiger partial charge is 0.313 e. The van der Waals surface area contributed by atoms with Crippen LogP contribution in [0.15, 0.2) is 127 Å². The lowest BCUT2D eigenvalue weighted by Gasteiger charge is -2.27. The van der Waals surface area contributed by atoms with E-state index in [4.69, 9.17) is 0 Å². The number of anilines is 2. The number of allylic oxidation sites excluding steroid dienone is 4. The number of hydrogen-bond donors (Lipinski definition) is 0. The van der Waals surface area contributed by atoms with Gasteiger partial charge in [0.15, 0.2) is 0 Å². The second-order valence-corrected chi connectivity index (χ2v) is 11.4. The number of nitrogens with zero attached hydrogens (tertiary/aromatic N) is 1. The van der Waals surface area contributed by atoms with Gasteiger partial charge >= 0.3 is 0 Å². The van der Waals surface area contributed by atoms with Gasteiger partial charge < -0.3 is 4.90 Å². The smallest absolute Gasteiger partial charge is 0.0497 e. The molecule has 0 saturated carbocycles. The van der Waals surface area contributed by atoms with Crippen LogP contribution in [0.5, 0.6) is 0 Å². The van der Waals surface area contributed by atoms with Crippen LogP contribution in [0.2, 0.25) is 0 Å². The Morgan fingerprint density at radius 2 is 1.45 bits per heavy atom. The molecule has 3 aliphatic rings. The number of fused-ring (bicyclic) bond motifs is 7. The molecule has 0 radical (unpaired) electrons. The maximum Gasteiger partial charge on any atom is 0.0497 e. The van der Waals surface area contributed by atoms with Crippen molar-refractivity contribution >= 4 is 27.7 Å². The summed E-state index contributed by atoms with van der Waals surface area (Å²) in [7, 11) is 0. The molecule has 0 aromatic heterocycles. The number of para-hydroxylation sites is 1. The summed E-state index contributed by atoms with van der Waals surface area (Å²) in [4.78, 5) is 2.49. The van der Waals surface area contributed by atoms with Crippen molar-refractivity contribution in [3.63, 3.8) is 0 Å². The third kappa shape index (κ3) is 2.99. The maximum absolute atomic E-state index is 2.49. The SMILES string of the molecule is CC1(C)c2ccccc2-c2cc(C3=CCC4C(=C3)N(c3ccc5ccccc5c3)c3ccccc34)ccc21. The monoisotopic (exact) mass is 487 g/mol. The number of benzene rings is 5. The molecule has 1 unspecified atom stereocenters. The summed E-state index contributed by atoms with van der Waals surface area (Å²) in [5.41, 5.74) is 13.6. The fraction of sp³-hybridized carbons (Fsp3) is 0.135. The van der Waals surface area contributed by atoms with Crippen LogP contribution in [0.4, 0.5) is 11.4 Å². The Kier molecular flexibility index (Phi) is 4.47. The van der Waals surface area contributed by atoms with Gasteiger partial charge in [0.25, 0.3) is 0 Å². The van der Waals surface area contributed by atoms with Gasteiger partial charge in [-0.05, 0) is 86.5 Å². The van der Waals surface area contributed by atoms with E-state index >= 15 is 0 Å². The van der Waals surface area contributed by atoms with Crippen LogP contribution in [0.25, 0.3) is 27.5 Å². The average molecular weight is 488 g/mol. The van der Waals surface area contributed by atoms with E-state index in [0.717, 1.165) is 6.42 Å². The lowest BCUT2D eigenvalue weighted by atomic mass is 9.82. The zero-order valence-electron chi connectivity index (χ0n) is 21.8. The highest BCUT2D eigenvalue weighted by molar-refractivity contribution is 5.92. The Bertz CT molecular complexity index is 1830. The van der Waals surface area contributed by atoms with E-state index in [0.29, 0.717) is 5.92 Å². The summed E-state index contributed by atoms with van der Waals surface area (Å²) in [6.07, 6.45) is 5.90. The fourth-order valence-electron chi connectivity index (χ4n) is 7.02. The highest BCUT2D eigenvalue weighted by Gasteiger charge is 2.37. The van der Waals surface area contributed by atoms with E-state index in [9.17, 15) is 0 Å². The Labute approximate surface area is 224 Å². The van der Waals surface area contributed by atoms with Gasteiger partial charge in [0.2, 0.25) is 0 Å². The molecule has 1 atom stereocenters. The number of hydrogen-bond acceptors (Lipinski definition) is 1. The van der Waals surface area contributed by atoms with Gasteiger partial charge in [-0.1, -0.05) is 105 Å². The molecule has 1 aliphatic heterocycles. The topological polar surface area (TPSA) is 3.24 Å². The van der Waals surface area contributed by atoms with E-state index in [1.807, 2.05) is 0 Å². The Morgan fingerprint density at radius 3 is 2.37 bits per heavy atom. The van der Waals surface area contributed by atoms with E-state index in [2.05, 4.69) is 140 Å². The van der Waals surface area contributed by atoms with Gasteiger partial charge in [-0.15, -0.1) is 0 Å². The molecule has 8 rings (SSSR count). The zero-order valence-corrected chi connectivity index (χ0v) is 21.8. The molecule has 182 valence electrons. The maximum atomic E-state index is 2.49. The van der Waals surface area contributed by atoms with E-state index < -0.39 is 0 Å². The van der Waals surface area contributed by atoms with E-state index in [-0.39, 0.29) is 5.41 Å². The molecule has 0 amide bonds. The first-order valence-corrected chi connectivity index (χ1v) is 13.6. The molecule has 0 bridgehead atoms. The third-order valence-electron chi connectivity index (χ3n) is 8.95. The second-order valence-electron chi connectivity index (χ2n) is 11.4. The summed E-state index contributed by atoms with van der Waals surface area (Å²) < 4.78 is 0. The predicted molar refractivity (Wildman–Crippen MR) is 160 cm³/mol. The van der Waals surface area contributed by atoms with Crippen LogP contribution in [0, 0.1) is 0 Å².